The van der Waals surface area contributed by atoms with Gasteiger partial charge in [0.2, 0.25) is 0 Å². The molecule has 0 spiro atoms. The molecule has 0 radical (unpaired) electrons. The fourth-order valence-electron chi connectivity index (χ4n) is 2.79. The maximum atomic E-state index is 13.6. The van der Waals surface area contributed by atoms with Crippen molar-refractivity contribution < 1.29 is 4.39 Å². The van der Waals surface area contributed by atoms with Crippen molar-refractivity contribution in [3.63, 3.8) is 0 Å². The van der Waals surface area contributed by atoms with E-state index in [9.17, 15) is 4.39 Å². The molecule has 1 N–H and O–H groups in total. The van der Waals surface area contributed by atoms with Crippen molar-refractivity contribution >= 4 is 27.7 Å². The van der Waals surface area contributed by atoms with E-state index in [0.29, 0.717) is 12.1 Å². The van der Waals surface area contributed by atoms with Crippen LogP contribution in [0.2, 0.25) is 0 Å². The Morgan fingerprint density at radius 1 is 1.48 bits per heavy atom. The van der Waals surface area contributed by atoms with Gasteiger partial charge in [-0.05, 0) is 50.2 Å². The van der Waals surface area contributed by atoms with Crippen LogP contribution in [0.15, 0.2) is 22.7 Å². The third kappa shape index (κ3) is 5.23. The molecule has 1 aromatic rings. The molecule has 0 aromatic heterocycles. The molecule has 2 nitrogen and oxygen atoms in total. The van der Waals surface area contributed by atoms with E-state index in [-0.39, 0.29) is 5.82 Å². The minimum absolute atomic E-state index is 0.167. The second-order valence-electron chi connectivity index (χ2n) is 5.67. The summed E-state index contributed by atoms with van der Waals surface area (Å²) in [4.78, 5) is 2.44. The minimum atomic E-state index is -0.167. The van der Waals surface area contributed by atoms with Crippen molar-refractivity contribution in [3.8, 4) is 0 Å². The fourth-order valence-corrected chi connectivity index (χ4v) is 4.61. The number of nitrogens with zero attached hydrogens (tertiary/aromatic N) is 1. The molecule has 0 amide bonds. The molecule has 0 bridgehead atoms. The number of benzene rings is 1. The van der Waals surface area contributed by atoms with E-state index in [4.69, 9.17) is 0 Å². The van der Waals surface area contributed by atoms with Gasteiger partial charge in [-0.2, -0.15) is 11.8 Å². The van der Waals surface area contributed by atoms with Crippen molar-refractivity contribution in [1.29, 1.82) is 0 Å². The van der Waals surface area contributed by atoms with Gasteiger partial charge in [-0.25, -0.2) is 4.39 Å². The molecule has 21 heavy (non-hydrogen) atoms. The first-order valence-corrected chi connectivity index (χ1v) is 9.51. The second kappa shape index (κ2) is 8.51. The van der Waals surface area contributed by atoms with Gasteiger partial charge < -0.3 is 10.2 Å². The lowest BCUT2D eigenvalue weighted by Gasteiger charge is -2.38. The number of likely N-dealkylation sites (N-methyl/N-ethyl adjacent to an activating group) is 1. The predicted octanol–water partition coefficient (Wildman–Crippen LogP) is 3.55. The normalized spacial score (nSPS) is 21.4. The molecule has 1 aromatic carbocycles. The summed E-state index contributed by atoms with van der Waals surface area (Å²) in [6, 6.07) is 6.08. The van der Waals surface area contributed by atoms with Gasteiger partial charge in [0, 0.05) is 34.6 Å². The van der Waals surface area contributed by atoms with Crippen LogP contribution in [0.3, 0.4) is 0 Å². The monoisotopic (exact) mass is 374 g/mol. The average Bonchev–Trinajstić information content (AvgIpc) is 2.43. The Hall–Kier alpha value is -0.100. The van der Waals surface area contributed by atoms with E-state index in [2.05, 4.69) is 40.1 Å². The molecule has 118 valence electrons. The number of rotatable bonds is 6. The lowest BCUT2D eigenvalue weighted by atomic mass is 9.99. The first kappa shape index (κ1) is 17.3. The summed E-state index contributed by atoms with van der Waals surface area (Å²) in [5, 5.41) is 3.66. The largest absolute Gasteiger partial charge is 0.312 e. The Labute approximate surface area is 140 Å². The van der Waals surface area contributed by atoms with Gasteiger partial charge >= 0.3 is 0 Å². The highest BCUT2D eigenvalue weighted by molar-refractivity contribution is 9.10. The summed E-state index contributed by atoms with van der Waals surface area (Å²) in [5.74, 6) is 2.19. The van der Waals surface area contributed by atoms with Crippen molar-refractivity contribution in [2.45, 2.75) is 31.8 Å². The van der Waals surface area contributed by atoms with Gasteiger partial charge in [0.05, 0.1) is 0 Å². The summed E-state index contributed by atoms with van der Waals surface area (Å²) in [7, 11) is 2.20. The maximum Gasteiger partial charge on any atom is 0.124 e. The maximum absolute atomic E-state index is 13.6. The minimum Gasteiger partial charge on any atom is -0.312 e. The molecule has 2 unspecified atom stereocenters. The molecular weight excluding hydrogens is 351 g/mol. The summed E-state index contributed by atoms with van der Waals surface area (Å²) < 4.78 is 14.4. The second-order valence-corrected chi connectivity index (χ2v) is 7.73. The SMILES string of the molecule is CCCNC(Cc1cc(F)cc(Br)c1)C1CSCCN1C. The van der Waals surface area contributed by atoms with Crippen LogP contribution in [0.4, 0.5) is 4.39 Å². The number of halogens is 2. The molecule has 1 aliphatic heterocycles. The Kier molecular flexibility index (Phi) is 6.99. The fraction of sp³-hybridized carbons (Fsp3) is 0.625. The van der Waals surface area contributed by atoms with Crippen LogP contribution in [0.1, 0.15) is 18.9 Å². The van der Waals surface area contributed by atoms with Gasteiger partial charge in [0.1, 0.15) is 5.82 Å². The van der Waals surface area contributed by atoms with E-state index in [1.807, 2.05) is 17.8 Å². The molecule has 1 aliphatic rings. The zero-order valence-electron chi connectivity index (χ0n) is 12.7. The zero-order chi connectivity index (χ0) is 15.2. The molecule has 1 fully saturated rings. The summed E-state index contributed by atoms with van der Waals surface area (Å²) in [5.41, 5.74) is 1.06. The number of hydrogen-bond acceptors (Lipinski definition) is 3. The predicted molar refractivity (Wildman–Crippen MR) is 93.6 cm³/mol. The highest BCUT2D eigenvalue weighted by Gasteiger charge is 2.27. The number of nitrogens with one attached hydrogen (secondary N) is 1. The van der Waals surface area contributed by atoms with Gasteiger partial charge in [-0.15, -0.1) is 0 Å². The summed E-state index contributed by atoms with van der Waals surface area (Å²) >= 11 is 5.41. The highest BCUT2D eigenvalue weighted by Crippen LogP contribution is 2.22. The Bertz CT molecular complexity index is 438. The third-order valence-electron chi connectivity index (χ3n) is 3.94. The quantitative estimate of drug-likeness (QED) is 0.819. The molecule has 0 saturated carbocycles. The van der Waals surface area contributed by atoms with E-state index < -0.39 is 0 Å². The van der Waals surface area contributed by atoms with Crippen LogP contribution in [-0.4, -0.2) is 48.6 Å². The van der Waals surface area contributed by atoms with Crippen molar-refractivity contribution in [3.05, 3.63) is 34.1 Å². The topological polar surface area (TPSA) is 15.3 Å². The summed E-state index contributed by atoms with van der Waals surface area (Å²) in [6.07, 6.45) is 1.98. The first-order valence-electron chi connectivity index (χ1n) is 7.56. The number of hydrogen-bond donors (Lipinski definition) is 1. The molecule has 2 atom stereocenters. The van der Waals surface area contributed by atoms with Gasteiger partial charge in [-0.1, -0.05) is 22.9 Å². The standard InChI is InChI=1S/C16H24BrFN2S/c1-3-4-19-15(16-11-21-6-5-20(16)2)9-12-7-13(17)10-14(18)8-12/h7-8,10,15-16,19H,3-6,9,11H2,1-2H3. The summed E-state index contributed by atoms with van der Waals surface area (Å²) in [6.45, 7) is 4.32. The first-order chi connectivity index (χ1) is 10.1. The molecule has 5 heteroatoms. The lowest BCUT2D eigenvalue weighted by Crippen LogP contribution is -2.53. The molecule has 0 aliphatic carbocycles. The van der Waals surface area contributed by atoms with Crippen LogP contribution < -0.4 is 5.32 Å². The van der Waals surface area contributed by atoms with E-state index in [1.54, 1.807) is 6.07 Å². The third-order valence-corrected chi connectivity index (χ3v) is 5.45. The van der Waals surface area contributed by atoms with Gasteiger partial charge in [-0.3, -0.25) is 0 Å². The Balaban J connectivity index is 2.11. The van der Waals surface area contributed by atoms with Crippen LogP contribution >= 0.6 is 27.7 Å². The molecule has 1 heterocycles. The van der Waals surface area contributed by atoms with E-state index in [1.165, 1.54) is 11.8 Å². The Morgan fingerprint density at radius 2 is 2.29 bits per heavy atom. The Morgan fingerprint density at radius 3 is 2.95 bits per heavy atom. The van der Waals surface area contributed by atoms with Crippen LogP contribution in [0.25, 0.3) is 0 Å². The average molecular weight is 375 g/mol. The zero-order valence-corrected chi connectivity index (χ0v) is 15.1. The number of thioether (sulfide) groups is 1. The lowest BCUT2D eigenvalue weighted by molar-refractivity contribution is 0.213. The van der Waals surface area contributed by atoms with E-state index in [0.717, 1.165) is 41.7 Å². The highest BCUT2D eigenvalue weighted by atomic mass is 79.9. The van der Waals surface area contributed by atoms with Crippen molar-refractivity contribution in [2.75, 3.05) is 31.6 Å². The molecular formula is C16H24BrFN2S. The van der Waals surface area contributed by atoms with Crippen LogP contribution in [-0.2, 0) is 6.42 Å². The van der Waals surface area contributed by atoms with Crippen LogP contribution in [0, 0.1) is 5.82 Å². The molecule has 1 saturated heterocycles. The van der Waals surface area contributed by atoms with Crippen LogP contribution in [0.5, 0.6) is 0 Å². The van der Waals surface area contributed by atoms with Gasteiger partial charge in [0.25, 0.3) is 0 Å². The van der Waals surface area contributed by atoms with Crippen molar-refractivity contribution in [1.82, 2.24) is 10.2 Å². The molecule has 2 rings (SSSR count). The van der Waals surface area contributed by atoms with Crippen molar-refractivity contribution in [2.24, 2.45) is 0 Å². The van der Waals surface area contributed by atoms with Gasteiger partial charge in [0.15, 0.2) is 0 Å². The smallest absolute Gasteiger partial charge is 0.124 e. The van der Waals surface area contributed by atoms with E-state index >= 15 is 0 Å².